The standard InChI is InChI=1S/C14H13ClF3N3O3/c1-6-7(2)13(24)21(12(6)23)20(8(3)22)10-5-4-9(11(15)19-10)14(16,17)18/h4-7H,1-3H3. The summed E-state index contributed by atoms with van der Waals surface area (Å²) in [4.78, 5) is 39.9. The van der Waals surface area contributed by atoms with Gasteiger partial charge in [-0.25, -0.2) is 4.98 Å². The third kappa shape index (κ3) is 2.95. The molecule has 1 aromatic heterocycles. The summed E-state index contributed by atoms with van der Waals surface area (Å²) in [6.45, 7) is 4.11. The van der Waals surface area contributed by atoms with Crippen LogP contribution in [0.5, 0.6) is 0 Å². The highest BCUT2D eigenvalue weighted by Crippen LogP contribution is 2.36. The average molecular weight is 364 g/mol. The quantitative estimate of drug-likeness (QED) is 0.598. The molecule has 2 heterocycles. The number of halogens is 4. The molecule has 1 aromatic rings. The molecule has 10 heteroatoms. The molecule has 1 aliphatic heterocycles. The van der Waals surface area contributed by atoms with Crippen molar-refractivity contribution in [1.82, 2.24) is 9.99 Å². The van der Waals surface area contributed by atoms with Crippen molar-refractivity contribution in [3.05, 3.63) is 22.8 Å². The Morgan fingerprint density at radius 2 is 1.71 bits per heavy atom. The number of carbonyl (C=O) groups excluding carboxylic acids is 3. The van der Waals surface area contributed by atoms with E-state index in [-0.39, 0.29) is 5.82 Å². The van der Waals surface area contributed by atoms with Gasteiger partial charge in [-0.3, -0.25) is 14.4 Å². The van der Waals surface area contributed by atoms with Crippen molar-refractivity contribution >= 4 is 35.1 Å². The number of imide groups is 1. The largest absolute Gasteiger partial charge is 0.419 e. The maximum absolute atomic E-state index is 12.7. The summed E-state index contributed by atoms with van der Waals surface area (Å²) in [7, 11) is 0. The second-order valence-corrected chi connectivity index (χ2v) is 5.76. The minimum atomic E-state index is -4.72. The van der Waals surface area contributed by atoms with E-state index in [0.717, 1.165) is 13.0 Å². The molecule has 0 saturated carbocycles. The number of rotatable bonds is 2. The maximum atomic E-state index is 12.7. The summed E-state index contributed by atoms with van der Waals surface area (Å²) in [5.41, 5.74) is -1.18. The third-order valence-corrected chi connectivity index (χ3v) is 4.09. The number of hydrogen-bond acceptors (Lipinski definition) is 4. The minimum absolute atomic E-state index is 0.344. The number of amides is 3. The molecule has 0 N–H and O–H groups in total. The van der Waals surface area contributed by atoms with E-state index in [1.807, 2.05) is 0 Å². The first-order valence-corrected chi connectivity index (χ1v) is 7.26. The zero-order valence-electron chi connectivity index (χ0n) is 12.9. The fourth-order valence-electron chi connectivity index (χ4n) is 2.28. The van der Waals surface area contributed by atoms with Crippen LogP contribution in [0.15, 0.2) is 12.1 Å². The van der Waals surface area contributed by atoms with Gasteiger partial charge >= 0.3 is 6.18 Å². The Bertz CT molecular complexity index is 703. The normalized spacial score (nSPS) is 21.4. The van der Waals surface area contributed by atoms with E-state index in [4.69, 9.17) is 11.6 Å². The molecule has 3 amide bonds. The Morgan fingerprint density at radius 3 is 2.08 bits per heavy atom. The van der Waals surface area contributed by atoms with Crippen LogP contribution < -0.4 is 5.01 Å². The summed E-state index contributed by atoms with van der Waals surface area (Å²) >= 11 is 5.54. The van der Waals surface area contributed by atoms with Crippen LogP contribution in [-0.4, -0.2) is 27.7 Å². The van der Waals surface area contributed by atoms with E-state index in [0.29, 0.717) is 16.1 Å². The topological polar surface area (TPSA) is 70.6 Å². The SMILES string of the molecule is CC(=O)N(c1ccc(C(F)(F)F)c(Cl)n1)N1C(=O)C(C)C(C)C1=O. The predicted molar refractivity (Wildman–Crippen MR) is 77.6 cm³/mol. The number of alkyl halides is 3. The lowest BCUT2D eigenvalue weighted by atomic mass is 10.00. The van der Waals surface area contributed by atoms with E-state index >= 15 is 0 Å². The van der Waals surface area contributed by atoms with Gasteiger partial charge in [0.05, 0.1) is 5.56 Å². The summed E-state index contributed by atoms with van der Waals surface area (Å²) in [5.74, 6) is -3.71. The Morgan fingerprint density at radius 1 is 1.21 bits per heavy atom. The second-order valence-electron chi connectivity index (χ2n) is 5.40. The lowest BCUT2D eigenvalue weighted by molar-refractivity contribution is -0.144. The molecule has 0 aromatic carbocycles. The summed E-state index contributed by atoms with van der Waals surface area (Å²) in [5, 5.41) is 0.353. The number of hydrogen-bond donors (Lipinski definition) is 0. The van der Waals surface area contributed by atoms with Gasteiger partial charge in [-0.2, -0.15) is 23.2 Å². The van der Waals surface area contributed by atoms with Crippen molar-refractivity contribution < 1.29 is 27.6 Å². The first kappa shape index (κ1) is 18.2. The number of aromatic nitrogens is 1. The fraction of sp³-hybridized carbons (Fsp3) is 0.429. The van der Waals surface area contributed by atoms with Crippen molar-refractivity contribution in [2.24, 2.45) is 11.8 Å². The molecule has 1 aliphatic rings. The molecule has 2 atom stereocenters. The molecule has 0 radical (unpaired) electrons. The highest BCUT2D eigenvalue weighted by atomic mass is 35.5. The van der Waals surface area contributed by atoms with Crippen molar-refractivity contribution in [3.8, 4) is 0 Å². The first-order valence-electron chi connectivity index (χ1n) is 6.89. The number of nitrogens with zero attached hydrogens (tertiary/aromatic N) is 3. The Balaban J connectivity index is 2.50. The molecule has 130 valence electrons. The fourth-order valence-corrected chi connectivity index (χ4v) is 2.53. The summed E-state index contributed by atoms with van der Waals surface area (Å²) in [6, 6.07) is 1.52. The molecule has 0 spiro atoms. The monoisotopic (exact) mass is 363 g/mol. The molecule has 2 unspecified atom stereocenters. The second kappa shape index (κ2) is 6.04. The Kier molecular flexibility index (Phi) is 4.58. The molecule has 6 nitrogen and oxygen atoms in total. The molecular formula is C14H13ClF3N3O3. The van der Waals surface area contributed by atoms with Crippen molar-refractivity contribution in [2.75, 3.05) is 5.01 Å². The van der Waals surface area contributed by atoms with Crippen LogP contribution in [0.4, 0.5) is 19.0 Å². The van der Waals surface area contributed by atoms with E-state index in [1.165, 1.54) is 13.8 Å². The lowest BCUT2D eigenvalue weighted by Gasteiger charge is -2.28. The van der Waals surface area contributed by atoms with Crippen LogP contribution in [0.25, 0.3) is 0 Å². The van der Waals surface area contributed by atoms with Gasteiger partial charge in [0.25, 0.3) is 11.8 Å². The van der Waals surface area contributed by atoms with Crippen LogP contribution in [0, 0.1) is 11.8 Å². The van der Waals surface area contributed by atoms with Crippen molar-refractivity contribution in [2.45, 2.75) is 26.9 Å². The van der Waals surface area contributed by atoms with Crippen LogP contribution in [0.3, 0.4) is 0 Å². The van der Waals surface area contributed by atoms with Gasteiger partial charge in [0.15, 0.2) is 5.82 Å². The Hall–Kier alpha value is -2.16. The van der Waals surface area contributed by atoms with E-state index in [1.54, 1.807) is 0 Å². The van der Waals surface area contributed by atoms with E-state index in [9.17, 15) is 27.6 Å². The molecular weight excluding hydrogens is 351 g/mol. The van der Waals surface area contributed by atoms with Crippen molar-refractivity contribution in [1.29, 1.82) is 0 Å². The van der Waals surface area contributed by atoms with Crippen LogP contribution in [-0.2, 0) is 20.6 Å². The number of anilines is 1. The van der Waals surface area contributed by atoms with Crippen LogP contribution in [0.2, 0.25) is 5.15 Å². The summed E-state index contributed by atoms with van der Waals surface area (Å²) < 4.78 is 38.2. The average Bonchev–Trinajstić information content (AvgIpc) is 2.64. The highest BCUT2D eigenvalue weighted by Gasteiger charge is 2.47. The van der Waals surface area contributed by atoms with Crippen molar-refractivity contribution in [3.63, 3.8) is 0 Å². The molecule has 0 aliphatic carbocycles. The zero-order chi connectivity index (χ0) is 18.4. The van der Waals surface area contributed by atoms with Crippen LogP contribution in [0.1, 0.15) is 26.3 Å². The van der Waals surface area contributed by atoms with Crippen LogP contribution >= 0.6 is 11.6 Å². The smallest absolute Gasteiger partial charge is 0.273 e. The zero-order valence-corrected chi connectivity index (χ0v) is 13.6. The summed E-state index contributed by atoms with van der Waals surface area (Å²) in [6.07, 6.45) is -4.72. The van der Waals surface area contributed by atoms with Gasteiger partial charge in [-0.1, -0.05) is 25.4 Å². The minimum Gasteiger partial charge on any atom is -0.273 e. The lowest BCUT2D eigenvalue weighted by Crippen LogP contribution is -2.50. The number of pyridine rings is 1. The molecule has 1 saturated heterocycles. The number of carbonyl (C=O) groups is 3. The third-order valence-electron chi connectivity index (χ3n) is 3.80. The van der Waals surface area contributed by atoms with Gasteiger partial charge < -0.3 is 0 Å². The van der Waals surface area contributed by atoms with Gasteiger partial charge in [0, 0.05) is 18.8 Å². The molecule has 24 heavy (non-hydrogen) atoms. The van der Waals surface area contributed by atoms with Gasteiger partial charge in [0.2, 0.25) is 5.91 Å². The highest BCUT2D eigenvalue weighted by molar-refractivity contribution is 6.30. The molecule has 0 bridgehead atoms. The van der Waals surface area contributed by atoms with Gasteiger partial charge in [0.1, 0.15) is 5.15 Å². The Labute approximate surface area is 140 Å². The van der Waals surface area contributed by atoms with Gasteiger partial charge in [-0.15, -0.1) is 0 Å². The predicted octanol–water partition coefficient (Wildman–Crippen LogP) is 2.66. The first-order chi connectivity index (χ1) is 11.0. The van der Waals surface area contributed by atoms with Gasteiger partial charge in [-0.05, 0) is 12.1 Å². The van der Waals surface area contributed by atoms with E-state index in [2.05, 4.69) is 4.98 Å². The number of hydrazine groups is 1. The van der Waals surface area contributed by atoms with E-state index < -0.39 is 46.5 Å². The maximum Gasteiger partial charge on any atom is 0.419 e. The molecule has 2 rings (SSSR count). The molecule has 1 fully saturated rings.